The van der Waals surface area contributed by atoms with Crippen LogP contribution in [0.25, 0.3) is 0 Å². The number of benzene rings is 3. The molecule has 3 N–H and O–H groups in total. The smallest absolute Gasteiger partial charge is 0.289 e. The van der Waals surface area contributed by atoms with Gasteiger partial charge in [0.05, 0.1) is 37.7 Å². The summed E-state index contributed by atoms with van der Waals surface area (Å²) >= 11 is 0. The second-order valence-corrected chi connectivity index (χ2v) is 9.71. The number of ether oxygens (including phenoxy) is 2. The first-order chi connectivity index (χ1) is 20.1. The van der Waals surface area contributed by atoms with E-state index in [1.54, 1.807) is 31.4 Å². The summed E-state index contributed by atoms with van der Waals surface area (Å²) in [5.41, 5.74) is 4.12. The van der Waals surface area contributed by atoms with E-state index in [4.69, 9.17) is 14.5 Å². The van der Waals surface area contributed by atoms with Crippen molar-refractivity contribution in [2.45, 2.75) is 18.2 Å². The van der Waals surface area contributed by atoms with Crippen LogP contribution in [0.1, 0.15) is 17.9 Å². The maximum absolute atomic E-state index is 14.2. The van der Waals surface area contributed by atoms with E-state index >= 15 is 0 Å². The minimum Gasteiger partial charge on any atom is -0.497 e. The van der Waals surface area contributed by atoms with Gasteiger partial charge in [-0.05, 0) is 54.4 Å². The molecule has 0 aliphatic carbocycles. The lowest BCUT2D eigenvalue weighted by atomic mass is 9.87. The fourth-order valence-corrected chi connectivity index (χ4v) is 5.04. The van der Waals surface area contributed by atoms with Gasteiger partial charge in [0.1, 0.15) is 11.6 Å². The van der Waals surface area contributed by atoms with Gasteiger partial charge in [-0.1, -0.05) is 48.5 Å². The first kappa shape index (κ1) is 25.9. The molecule has 0 radical (unpaired) electrons. The molecule has 2 atom stereocenters. The predicted molar refractivity (Wildman–Crippen MR) is 160 cm³/mol. The highest BCUT2D eigenvalue weighted by atomic mass is 16.5. The summed E-state index contributed by atoms with van der Waals surface area (Å²) in [4.78, 5) is 25.3. The Morgan fingerprint density at radius 1 is 0.854 bits per heavy atom. The number of aromatic nitrogens is 1. The van der Waals surface area contributed by atoms with Crippen molar-refractivity contribution in [3.63, 3.8) is 0 Å². The van der Waals surface area contributed by atoms with Gasteiger partial charge < -0.3 is 25.4 Å². The van der Waals surface area contributed by atoms with Crippen molar-refractivity contribution >= 4 is 29.2 Å². The molecule has 4 aromatic rings. The fourth-order valence-electron chi connectivity index (χ4n) is 5.04. The number of para-hydroxylation sites is 2. The number of amides is 1. The highest BCUT2D eigenvalue weighted by Crippen LogP contribution is 2.39. The van der Waals surface area contributed by atoms with Gasteiger partial charge in [0.25, 0.3) is 5.91 Å². The molecule has 41 heavy (non-hydrogen) atoms. The molecule has 2 aliphatic rings. The summed E-state index contributed by atoms with van der Waals surface area (Å²) in [7, 11) is 3.21. The third-order valence-corrected chi connectivity index (χ3v) is 7.09. The second kappa shape index (κ2) is 11.1. The minimum absolute atomic E-state index is 0.0392. The van der Waals surface area contributed by atoms with E-state index < -0.39 is 5.91 Å². The Kier molecular flexibility index (Phi) is 6.99. The molecule has 1 amide bonds. The maximum atomic E-state index is 14.2. The molecule has 0 saturated carbocycles. The van der Waals surface area contributed by atoms with E-state index in [2.05, 4.69) is 20.9 Å². The van der Waals surface area contributed by atoms with Crippen LogP contribution < -0.4 is 30.3 Å². The fraction of sp³-hybridized carbons (Fsp3) is 0.156. The Morgan fingerprint density at radius 3 is 2.22 bits per heavy atom. The summed E-state index contributed by atoms with van der Waals surface area (Å²) in [6.45, 7) is 0. The Bertz CT molecular complexity index is 1570. The summed E-state index contributed by atoms with van der Waals surface area (Å²) in [6.07, 6.45) is 4.01. The number of methoxy groups -OCH3 is 2. The van der Waals surface area contributed by atoms with Gasteiger partial charge in [-0.25, -0.2) is 9.98 Å². The summed E-state index contributed by atoms with van der Waals surface area (Å²) in [5, 5.41) is 10.5. The van der Waals surface area contributed by atoms with E-state index in [1.807, 2.05) is 97.2 Å². The van der Waals surface area contributed by atoms with E-state index in [0.717, 1.165) is 28.3 Å². The molecule has 3 aromatic carbocycles. The molecule has 0 bridgehead atoms. The SMILES string of the molecule is COc1ccc(C2CC3=C(NC(Nc4ccccc4)(Nc4ccc(OC)nc4)N=C3)N(c3ccccc3)C2=O)cc1. The zero-order chi connectivity index (χ0) is 28.2. The number of nitrogens with one attached hydrogen (secondary N) is 3. The van der Waals surface area contributed by atoms with E-state index in [-0.39, 0.29) is 11.8 Å². The summed E-state index contributed by atoms with van der Waals surface area (Å²) in [6, 6.07) is 30.7. The standard InChI is InChI=1S/C32H30N6O3/c1-40-27-16-13-22(14-17-27)28-19-23-20-34-32(35-24-9-5-3-6-10-24,36-25-15-18-29(41-2)33-21-25)37-30(23)38(31(28)39)26-11-7-4-8-12-26/h3-18,20-21,28,35-37H,19H2,1-2H3. The molecule has 206 valence electrons. The van der Waals surface area contributed by atoms with Gasteiger partial charge in [0.2, 0.25) is 11.8 Å². The lowest BCUT2D eigenvalue weighted by Crippen LogP contribution is -2.62. The first-order valence-corrected chi connectivity index (χ1v) is 13.3. The monoisotopic (exact) mass is 546 g/mol. The molecule has 9 nitrogen and oxygen atoms in total. The average Bonchev–Trinajstić information content (AvgIpc) is 3.02. The van der Waals surface area contributed by atoms with Gasteiger partial charge in [-0.15, -0.1) is 0 Å². The van der Waals surface area contributed by atoms with E-state index in [0.29, 0.717) is 23.8 Å². The number of aliphatic imine (C=N–C) groups is 1. The number of carbonyl (C=O) groups is 1. The van der Waals surface area contributed by atoms with Crippen molar-refractivity contribution in [1.82, 2.24) is 10.3 Å². The molecule has 6 rings (SSSR count). The molecule has 0 spiro atoms. The summed E-state index contributed by atoms with van der Waals surface area (Å²) in [5.74, 6) is 0.246. The molecule has 9 heteroatoms. The Hall–Kier alpha value is -5.31. The quantitative estimate of drug-likeness (QED) is 0.257. The third kappa shape index (κ3) is 5.29. The Labute approximate surface area is 238 Å². The number of hydrogen-bond acceptors (Lipinski definition) is 8. The topological polar surface area (TPSA) is 100 Å². The maximum Gasteiger partial charge on any atom is 0.289 e. The second-order valence-electron chi connectivity index (χ2n) is 9.71. The van der Waals surface area contributed by atoms with Crippen molar-refractivity contribution in [1.29, 1.82) is 0 Å². The lowest BCUT2D eigenvalue weighted by Gasteiger charge is -2.44. The van der Waals surface area contributed by atoms with Crippen molar-refractivity contribution in [3.05, 3.63) is 120 Å². The summed E-state index contributed by atoms with van der Waals surface area (Å²) < 4.78 is 10.6. The molecule has 1 aromatic heterocycles. The van der Waals surface area contributed by atoms with Crippen LogP contribution in [0.5, 0.6) is 11.6 Å². The highest BCUT2D eigenvalue weighted by molar-refractivity contribution is 6.05. The zero-order valence-corrected chi connectivity index (χ0v) is 22.7. The minimum atomic E-state index is -1.23. The van der Waals surface area contributed by atoms with Gasteiger partial charge >= 0.3 is 0 Å². The number of nitrogens with zero attached hydrogens (tertiary/aromatic N) is 3. The van der Waals surface area contributed by atoms with Crippen LogP contribution in [0, 0.1) is 0 Å². The Morgan fingerprint density at radius 2 is 1.56 bits per heavy atom. The van der Waals surface area contributed by atoms with Crippen molar-refractivity contribution in [2.24, 2.45) is 4.99 Å². The number of hydrogen-bond donors (Lipinski definition) is 3. The Balaban J connectivity index is 1.41. The number of pyridine rings is 1. The molecular weight excluding hydrogens is 516 g/mol. The number of anilines is 3. The van der Waals surface area contributed by atoms with Gasteiger partial charge in [0.15, 0.2) is 0 Å². The van der Waals surface area contributed by atoms with Gasteiger partial charge in [0, 0.05) is 23.5 Å². The molecule has 3 heterocycles. The predicted octanol–water partition coefficient (Wildman–Crippen LogP) is 5.34. The zero-order valence-electron chi connectivity index (χ0n) is 22.7. The van der Waals surface area contributed by atoms with Crippen LogP contribution in [-0.4, -0.2) is 37.2 Å². The van der Waals surface area contributed by atoms with Crippen LogP contribution in [0.3, 0.4) is 0 Å². The van der Waals surface area contributed by atoms with Crippen LogP contribution in [0.2, 0.25) is 0 Å². The molecule has 0 fully saturated rings. The van der Waals surface area contributed by atoms with Crippen LogP contribution in [0.15, 0.2) is 120 Å². The number of rotatable bonds is 8. The molecular formula is C32H30N6O3. The lowest BCUT2D eigenvalue weighted by molar-refractivity contribution is -0.120. The third-order valence-electron chi connectivity index (χ3n) is 7.09. The largest absolute Gasteiger partial charge is 0.497 e. The molecule has 2 unspecified atom stereocenters. The van der Waals surface area contributed by atoms with E-state index in [9.17, 15) is 4.79 Å². The molecule has 0 saturated heterocycles. The van der Waals surface area contributed by atoms with E-state index in [1.165, 1.54) is 0 Å². The van der Waals surface area contributed by atoms with Crippen molar-refractivity contribution in [3.8, 4) is 11.6 Å². The highest BCUT2D eigenvalue weighted by Gasteiger charge is 2.43. The van der Waals surface area contributed by atoms with Crippen LogP contribution >= 0.6 is 0 Å². The van der Waals surface area contributed by atoms with Crippen LogP contribution in [0.4, 0.5) is 17.1 Å². The number of allylic oxidation sites excluding steroid dienone is 1. The average molecular weight is 547 g/mol. The van der Waals surface area contributed by atoms with Crippen molar-refractivity contribution < 1.29 is 14.3 Å². The molecule has 2 aliphatic heterocycles. The normalized spacial score (nSPS) is 19.7. The van der Waals surface area contributed by atoms with Gasteiger partial charge in [-0.3, -0.25) is 9.69 Å². The number of carbonyl (C=O) groups excluding carboxylic acids is 1. The first-order valence-electron chi connectivity index (χ1n) is 13.3. The van der Waals surface area contributed by atoms with Crippen molar-refractivity contribution in [2.75, 3.05) is 29.8 Å². The van der Waals surface area contributed by atoms with Crippen LogP contribution in [-0.2, 0) is 4.79 Å². The van der Waals surface area contributed by atoms with Gasteiger partial charge in [-0.2, -0.15) is 0 Å².